The number of hydrogen-bond acceptors (Lipinski definition) is 2. The van der Waals surface area contributed by atoms with Gasteiger partial charge in [0.1, 0.15) is 5.82 Å². The number of hydrogen-bond donors (Lipinski definition) is 1. The van der Waals surface area contributed by atoms with Crippen LogP contribution in [0.25, 0.3) is 0 Å². The molecule has 0 spiro atoms. The molecule has 1 heterocycles. The number of halogens is 1. The van der Waals surface area contributed by atoms with Crippen molar-refractivity contribution < 1.29 is 4.79 Å². The Balaban J connectivity index is 2.83. The zero-order valence-electron chi connectivity index (χ0n) is 7.60. The van der Waals surface area contributed by atoms with E-state index in [1.54, 1.807) is 6.20 Å². The average molecular weight is 243 g/mol. The molecule has 1 aromatic rings. The van der Waals surface area contributed by atoms with Gasteiger partial charge in [0.15, 0.2) is 0 Å². The molecule has 70 valence electrons. The van der Waals surface area contributed by atoms with Crippen molar-refractivity contribution in [3.63, 3.8) is 0 Å². The second kappa shape index (κ2) is 4.37. The maximum atomic E-state index is 11.1. The Morgan fingerprint density at radius 3 is 2.92 bits per heavy atom. The van der Waals surface area contributed by atoms with Gasteiger partial charge in [0.2, 0.25) is 5.91 Å². The van der Waals surface area contributed by atoms with Crippen LogP contribution in [0, 0.1) is 6.92 Å². The summed E-state index contributed by atoms with van der Waals surface area (Å²) in [6.07, 6.45) is 2.13. The summed E-state index contributed by atoms with van der Waals surface area (Å²) in [5.41, 5.74) is 0.955. The molecule has 1 N–H and O–H groups in total. The summed E-state index contributed by atoms with van der Waals surface area (Å²) in [6, 6.07) is 1.91. The molecule has 13 heavy (non-hydrogen) atoms. The fourth-order valence-corrected chi connectivity index (χ4v) is 1.34. The maximum absolute atomic E-state index is 11.1. The maximum Gasteiger partial charge on any atom is 0.225 e. The fraction of sp³-hybridized carbons (Fsp3) is 0.333. The van der Waals surface area contributed by atoms with Gasteiger partial charge in [0.05, 0.1) is 0 Å². The largest absolute Gasteiger partial charge is 0.310 e. The van der Waals surface area contributed by atoms with E-state index in [0.717, 1.165) is 10.0 Å². The van der Waals surface area contributed by atoms with Crippen LogP contribution in [0.4, 0.5) is 5.82 Å². The zero-order valence-corrected chi connectivity index (χ0v) is 9.18. The van der Waals surface area contributed by atoms with Crippen LogP contribution in [0.1, 0.15) is 18.9 Å². The minimum atomic E-state index is -0.0158. The van der Waals surface area contributed by atoms with E-state index in [9.17, 15) is 4.79 Å². The molecule has 0 aliphatic rings. The van der Waals surface area contributed by atoms with Gasteiger partial charge in [-0.05, 0) is 34.5 Å². The minimum Gasteiger partial charge on any atom is -0.310 e. The van der Waals surface area contributed by atoms with Crippen molar-refractivity contribution in [3.8, 4) is 0 Å². The lowest BCUT2D eigenvalue weighted by molar-refractivity contribution is -0.115. The normalized spacial score (nSPS) is 9.77. The van der Waals surface area contributed by atoms with E-state index in [0.29, 0.717) is 12.2 Å². The number of amides is 1. The van der Waals surface area contributed by atoms with Crippen LogP contribution in [0.3, 0.4) is 0 Å². The van der Waals surface area contributed by atoms with Crippen LogP contribution < -0.4 is 5.32 Å². The number of aryl methyl sites for hydroxylation is 1. The molecule has 0 saturated carbocycles. The van der Waals surface area contributed by atoms with E-state index in [1.165, 1.54) is 0 Å². The molecule has 0 aliphatic carbocycles. The standard InChI is InChI=1S/C9H11BrN2O/c1-3-8(13)12-9-6(2)4-7(10)5-11-9/h4-5H,3H2,1-2H3,(H,11,12,13). The second-order valence-corrected chi connectivity index (χ2v) is 3.64. The Morgan fingerprint density at radius 1 is 1.69 bits per heavy atom. The molecule has 1 aromatic heterocycles. The molecule has 0 aliphatic heterocycles. The zero-order chi connectivity index (χ0) is 9.84. The molecule has 0 bridgehead atoms. The third-order valence-electron chi connectivity index (χ3n) is 1.62. The summed E-state index contributed by atoms with van der Waals surface area (Å²) in [7, 11) is 0. The van der Waals surface area contributed by atoms with Crippen molar-refractivity contribution in [2.24, 2.45) is 0 Å². The number of rotatable bonds is 2. The van der Waals surface area contributed by atoms with Gasteiger partial charge in [0.25, 0.3) is 0 Å². The molecule has 0 aromatic carbocycles. The van der Waals surface area contributed by atoms with Gasteiger partial charge in [-0.3, -0.25) is 4.79 Å². The summed E-state index contributed by atoms with van der Waals surface area (Å²) in [5, 5.41) is 2.72. The van der Waals surface area contributed by atoms with Crippen molar-refractivity contribution in [3.05, 3.63) is 22.3 Å². The topological polar surface area (TPSA) is 42.0 Å². The van der Waals surface area contributed by atoms with Gasteiger partial charge < -0.3 is 5.32 Å². The van der Waals surface area contributed by atoms with Crippen LogP contribution in [0.15, 0.2) is 16.7 Å². The number of carbonyl (C=O) groups excluding carboxylic acids is 1. The lowest BCUT2D eigenvalue weighted by atomic mass is 10.3. The molecule has 1 amide bonds. The Bertz CT molecular complexity index is 325. The Kier molecular flexibility index (Phi) is 3.42. The van der Waals surface area contributed by atoms with Gasteiger partial charge in [-0.15, -0.1) is 0 Å². The van der Waals surface area contributed by atoms with Crippen LogP contribution >= 0.6 is 15.9 Å². The number of aromatic nitrogens is 1. The lowest BCUT2D eigenvalue weighted by Crippen LogP contribution is -2.11. The Morgan fingerprint density at radius 2 is 2.38 bits per heavy atom. The fourth-order valence-electron chi connectivity index (χ4n) is 0.892. The van der Waals surface area contributed by atoms with Crippen LogP contribution in [0.5, 0.6) is 0 Å². The molecule has 4 heteroatoms. The third kappa shape index (κ3) is 2.81. The molecule has 0 atom stereocenters. The first-order valence-electron chi connectivity index (χ1n) is 4.05. The van der Waals surface area contributed by atoms with E-state index in [4.69, 9.17) is 0 Å². The molecule has 1 rings (SSSR count). The monoisotopic (exact) mass is 242 g/mol. The van der Waals surface area contributed by atoms with E-state index in [2.05, 4.69) is 26.2 Å². The Hall–Kier alpha value is -0.900. The lowest BCUT2D eigenvalue weighted by Gasteiger charge is -2.05. The number of carbonyl (C=O) groups is 1. The number of nitrogens with one attached hydrogen (secondary N) is 1. The molecule has 0 unspecified atom stereocenters. The van der Waals surface area contributed by atoms with Crippen LogP contribution in [-0.4, -0.2) is 10.9 Å². The second-order valence-electron chi connectivity index (χ2n) is 2.72. The molecule has 3 nitrogen and oxygen atoms in total. The number of pyridine rings is 1. The first-order chi connectivity index (χ1) is 6.13. The first kappa shape index (κ1) is 10.2. The van der Waals surface area contributed by atoms with Crippen molar-refractivity contribution >= 4 is 27.7 Å². The molecule has 0 fully saturated rings. The SMILES string of the molecule is CCC(=O)Nc1ncc(Br)cc1C. The van der Waals surface area contributed by atoms with Gasteiger partial charge >= 0.3 is 0 Å². The third-order valence-corrected chi connectivity index (χ3v) is 2.06. The Labute approximate surface area is 85.7 Å². The predicted octanol–water partition coefficient (Wildman–Crippen LogP) is 2.50. The highest BCUT2D eigenvalue weighted by Gasteiger charge is 2.03. The van der Waals surface area contributed by atoms with Crippen molar-refractivity contribution in [2.45, 2.75) is 20.3 Å². The van der Waals surface area contributed by atoms with Gasteiger partial charge in [-0.1, -0.05) is 6.92 Å². The van der Waals surface area contributed by atoms with Crippen LogP contribution in [0.2, 0.25) is 0 Å². The molecular weight excluding hydrogens is 232 g/mol. The van der Waals surface area contributed by atoms with E-state index in [-0.39, 0.29) is 5.91 Å². The summed E-state index contributed by atoms with van der Waals surface area (Å²) >= 11 is 3.30. The molecule has 0 radical (unpaired) electrons. The summed E-state index contributed by atoms with van der Waals surface area (Å²) in [5.74, 6) is 0.618. The van der Waals surface area contributed by atoms with Gasteiger partial charge in [-0.2, -0.15) is 0 Å². The van der Waals surface area contributed by atoms with E-state index < -0.39 is 0 Å². The minimum absolute atomic E-state index is 0.0158. The highest BCUT2D eigenvalue weighted by molar-refractivity contribution is 9.10. The predicted molar refractivity (Wildman–Crippen MR) is 55.6 cm³/mol. The number of nitrogens with zero attached hydrogens (tertiary/aromatic N) is 1. The van der Waals surface area contributed by atoms with Gasteiger partial charge in [-0.25, -0.2) is 4.98 Å². The quantitative estimate of drug-likeness (QED) is 0.866. The summed E-state index contributed by atoms with van der Waals surface area (Å²) < 4.78 is 0.916. The summed E-state index contributed by atoms with van der Waals surface area (Å²) in [4.78, 5) is 15.1. The van der Waals surface area contributed by atoms with Crippen molar-refractivity contribution in [1.29, 1.82) is 0 Å². The van der Waals surface area contributed by atoms with E-state index >= 15 is 0 Å². The number of anilines is 1. The van der Waals surface area contributed by atoms with Crippen molar-refractivity contribution in [1.82, 2.24) is 4.98 Å². The molecular formula is C9H11BrN2O. The molecule has 0 saturated heterocycles. The summed E-state index contributed by atoms with van der Waals surface area (Å²) in [6.45, 7) is 3.71. The average Bonchev–Trinajstić information content (AvgIpc) is 2.09. The van der Waals surface area contributed by atoms with Crippen molar-refractivity contribution in [2.75, 3.05) is 5.32 Å². The highest BCUT2D eigenvalue weighted by atomic mass is 79.9. The van der Waals surface area contributed by atoms with Crippen LogP contribution in [-0.2, 0) is 4.79 Å². The van der Waals surface area contributed by atoms with Gasteiger partial charge in [0, 0.05) is 17.1 Å². The highest BCUT2D eigenvalue weighted by Crippen LogP contribution is 2.16. The smallest absolute Gasteiger partial charge is 0.225 e. The first-order valence-corrected chi connectivity index (χ1v) is 4.84. The van der Waals surface area contributed by atoms with E-state index in [1.807, 2.05) is 19.9 Å².